The van der Waals surface area contributed by atoms with Crippen LogP contribution in [0.4, 0.5) is 9.52 Å². The first-order valence-electron chi connectivity index (χ1n) is 7.86. The lowest BCUT2D eigenvalue weighted by Gasteiger charge is -2.02. The van der Waals surface area contributed by atoms with E-state index in [-0.39, 0.29) is 11.5 Å². The smallest absolute Gasteiger partial charge is 0.281 e. The molecule has 0 saturated heterocycles. The maximum atomic E-state index is 13.1. The van der Waals surface area contributed by atoms with Gasteiger partial charge in [-0.3, -0.25) is 10.1 Å². The van der Waals surface area contributed by atoms with E-state index in [0.717, 1.165) is 10.1 Å². The van der Waals surface area contributed by atoms with E-state index in [9.17, 15) is 9.18 Å². The number of hydrogen-bond donors (Lipinski definition) is 1. The number of carbonyl (C=O) groups is 1. The molecule has 0 atom stereocenters. The number of hydrogen-bond acceptors (Lipinski definition) is 7. The summed E-state index contributed by atoms with van der Waals surface area (Å²) in [6, 6.07) is 5.79. The third kappa shape index (κ3) is 4.20. The zero-order valence-corrected chi connectivity index (χ0v) is 15.7. The number of amides is 1. The van der Waals surface area contributed by atoms with Gasteiger partial charge in [0, 0.05) is 0 Å². The molecule has 3 aromatic rings. The van der Waals surface area contributed by atoms with Gasteiger partial charge >= 0.3 is 0 Å². The van der Waals surface area contributed by atoms with Gasteiger partial charge in [0.15, 0.2) is 15.8 Å². The van der Waals surface area contributed by atoms with Crippen LogP contribution < -0.4 is 10.1 Å². The van der Waals surface area contributed by atoms with Crippen LogP contribution in [0.1, 0.15) is 24.3 Å². The molecule has 0 unspecified atom stereocenters. The molecule has 2 heterocycles. The van der Waals surface area contributed by atoms with Gasteiger partial charge < -0.3 is 4.74 Å². The van der Waals surface area contributed by atoms with Gasteiger partial charge in [-0.2, -0.15) is 5.10 Å². The van der Waals surface area contributed by atoms with Crippen LogP contribution in [0.5, 0.6) is 5.75 Å². The average molecular weight is 393 g/mol. The molecule has 0 radical (unpaired) electrons. The number of carbonyl (C=O) groups excluding carboxylic acids is 1. The van der Waals surface area contributed by atoms with Crippen molar-refractivity contribution in [3.63, 3.8) is 0 Å². The highest BCUT2D eigenvalue weighted by atomic mass is 32.2. The number of aromatic nitrogens is 4. The standard InChI is InChI=1S/C16H16FN5O2S2/c1-3-24-12-9-22(11-7-5-10(17)6-8-11)21-13(12)14(23)18-15-19-20-16(26-15)25-4-2/h5-9H,3-4H2,1-2H3,(H,18,19,23). The Morgan fingerprint density at radius 3 is 2.77 bits per heavy atom. The first-order valence-corrected chi connectivity index (χ1v) is 9.67. The molecular weight excluding hydrogens is 377 g/mol. The Morgan fingerprint density at radius 2 is 2.08 bits per heavy atom. The Hall–Kier alpha value is -2.46. The van der Waals surface area contributed by atoms with Crippen molar-refractivity contribution < 1.29 is 13.9 Å². The molecule has 0 spiro atoms. The minimum Gasteiger partial charge on any atom is -0.490 e. The zero-order valence-electron chi connectivity index (χ0n) is 14.1. The van der Waals surface area contributed by atoms with E-state index in [1.165, 1.54) is 28.2 Å². The summed E-state index contributed by atoms with van der Waals surface area (Å²) in [5, 5.41) is 15.3. The first-order chi connectivity index (χ1) is 12.6. The molecule has 7 nitrogen and oxygen atoms in total. The van der Waals surface area contributed by atoms with Crippen LogP contribution in [0, 0.1) is 5.82 Å². The Morgan fingerprint density at radius 1 is 1.31 bits per heavy atom. The van der Waals surface area contributed by atoms with Crippen molar-refractivity contribution >= 4 is 34.1 Å². The molecule has 10 heteroatoms. The molecule has 0 fully saturated rings. The molecule has 0 aliphatic heterocycles. The van der Waals surface area contributed by atoms with E-state index >= 15 is 0 Å². The molecule has 1 aromatic carbocycles. The third-order valence-electron chi connectivity index (χ3n) is 3.18. The van der Waals surface area contributed by atoms with Crippen LogP contribution in [0.3, 0.4) is 0 Å². The summed E-state index contributed by atoms with van der Waals surface area (Å²) < 4.78 is 20.9. The summed E-state index contributed by atoms with van der Waals surface area (Å²) in [5.41, 5.74) is 0.736. The van der Waals surface area contributed by atoms with Gasteiger partial charge in [0.25, 0.3) is 5.91 Å². The summed E-state index contributed by atoms with van der Waals surface area (Å²) in [6.45, 7) is 4.21. The summed E-state index contributed by atoms with van der Waals surface area (Å²) in [7, 11) is 0. The van der Waals surface area contributed by atoms with Crippen molar-refractivity contribution in [2.75, 3.05) is 17.7 Å². The van der Waals surface area contributed by atoms with Crippen LogP contribution in [0.2, 0.25) is 0 Å². The highest BCUT2D eigenvalue weighted by molar-refractivity contribution is 8.01. The van der Waals surface area contributed by atoms with Crippen LogP contribution in [-0.4, -0.2) is 38.2 Å². The van der Waals surface area contributed by atoms with Crippen molar-refractivity contribution in [3.05, 3.63) is 42.0 Å². The van der Waals surface area contributed by atoms with Gasteiger partial charge in [-0.25, -0.2) is 9.07 Å². The molecule has 0 bridgehead atoms. The summed E-state index contributed by atoms with van der Waals surface area (Å²) >= 11 is 2.85. The van der Waals surface area contributed by atoms with Crippen molar-refractivity contribution in [1.29, 1.82) is 0 Å². The second-order valence-corrected chi connectivity index (χ2v) is 7.44. The normalized spacial score (nSPS) is 10.7. The second kappa shape index (κ2) is 8.28. The summed E-state index contributed by atoms with van der Waals surface area (Å²) in [4.78, 5) is 12.6. The number of benzene rings is 1. The highest BCUT2D eigenvalue weighted by Gasteiger charge is 2.20. The number of nitrogens with zero attached hydrogens (tertiary/aromatic N) is 4. The summed E-state index contributed by atoms with van der Waals surface area (Å²) in [5.74, 6) is 0.417. The molecular formula is C16H16FN5O2S2. The van der Waals surface area contributed by atoms with Crippen molar-refractivity contribution in [1.82, 2.24) is 20.0 Å². The van der Waals surface area contributed by atoms with Crippen LogP contribution in [0.25, 0.3) is 5.69 Å². The number of nitrogens with one attached hydrogen (secondary N) is 1. The maximum Gasteiger partial charge on any atom is 0.281 e. The van der Waals surface area contributed by atoms with E-state index in [4.69, 9.17) is 4.74 Å². The summed E-state index contributed by atoms with van der Waals surface area (Å²) in [6.07, 6.45) is 1.59. The topological polar surface area (TPSA) is 81.9 Å². The van der Waals surface area contributed by atoms with E-state index in [1.807, 2.05) is 13.8 Å². The zero-order chi connectivity index (χ0) is 18.5. The molecule has 3 rings (SSSR count). The monoisotopic (exact) mass is 393 g/mol. The van der Waals surface area contributed by atoms with Crippen molar-refractivity contribution in [2.45, 2.75) is 18.2 Å². The van der Waals surface area contributed by atoms with Gasteiger partial charge in [-0.05, 0) is 36.9 Å². The fraction of sp³-hybridized carbons (Fsp3) is 0.250. The van der Waals surface area contributed by atoms with Gasteiger partial charge in [0.05, 0.1) is 18.5 Å². The van der Waals surface area contributed by atoms with E-state index < -0.39 is 5.91 Å². The number of ether oxygens (including phenoxy) is 1. The molecule has 0 aliphatic rings. The van der Waals surface area contributed by atoms with Crippen LogP contribution >= 0.6 is 23.1 Å². The van der Waals surface area contributed by atoms with E-state index in [2.05, 4.69) is 20.6 Å². The Kier molecular flexibility index (Phi) is 5.84. The minimum atomic E-state index is -0.446. The lowest BCUT2D eigenvalue weighted by molar-refractivity contribution is 0.101. The predicted molar refractivity (Wildman–Crippen MR) is 99.0 cm³/mol. The van der Waals surface area contributed by atoms with Crippen LogP contribution in [-0.2, 0) is 0 Å². The predicted octanol–water partition coefficient (Wildman–Crippen LogP) is 3.63. The molecule has 0 aliphatic carbocycles. The number of halogens is 1. The largest absolute Gasteiger partial charge is 0.490 e. The highest BCUT2D eigenvalue weighted by Crippen LogP contribution is 2.26. The quantitative estimate of drug-likeness (QED) is 0.488. The molecule has 136 valence electrons. The molecule has 0 saturated carbocycles. The third-order valence-corrected chi connectivity index (χ3v) is 5.04. The van der Waals surface area contributed by atoms with Gasteiger partial charge in [-0.15, -0.1) is 10.2 Å². The second-order valence-electron chi connectivity index (χ2n) is 4.96. The van der Waals surface area contributed by atoms with E-state index in [1.54, 1.807) is 30.1 Å². The van der Waals surface area contributed by atoms with Crippen LogP contribution in [0.15, 0.2) is 34.8 Å². The molecule has 1 N–H and O–H groups in total. The number of anilines is 1. The lowest BCUT2D eigenvalue weighted by Crippen LogP contribution is -2.14. The van der Waals surface area contributed by atoms with Crippen molar-refractivity contribution in [2.24, 2.45) is 0 Å². The Labute approximate surface area is 157 Å². The fourth-order valence-corrected chi connectivity index (χ4v) is 3.75. The van der Waals surface area contributed by atoms with E-state index in [0.29, 0.717) is 23.2 Å². The SMILES string of the molecule is CCOc1cn(-c2ccc(F)cc2)nc1C(=O)Nc1nnc(SCC)s1. The first kappa shape index (κ1) is 18.3. The average Bonchev–Trinajstić information content (AvgIpc) is 3.23. The molecule has 26 heavy (non-hydrogen) atoms. The van der Waals surface area contributed by atoms with Gasteiger partial charge in [-0.1, -0.05) is 30.0 Å². The number of rotatable bonds is 7. The van der Waals surface area contributed by atoms with Gasteiger partial charge in [0.2, 0.25) is 5.13 Å². The number of thioether (sulfide) groups is 1. The molecule has 1 amide bonds. The fourth-order valence-electron chi connectivity index (χ4n) is 2.10. The Balaban J connectivity index is 1.84. The Bertz CT molecular complexity index is 894. The van der Waals surface area contributed by atoms with Gasteiger partial charge in [0.1, 0.15) is 5.82 Å². The maximum absolute atomic E-state index is 13.1. The molecule has 2 aromatic heterocycles. The van der Waals surface area contributed by atoms with Crippen molar-refractivity contribution in [3.8, 4) is 11.4 Å². The lowest BCUT2D eigenvalue weighted by atomic mass is 10.3. The minimum absolute atomic E-state index is 0.121.